The van der Waals surface area contributed by atoms with E-state index in [2.05, 4.69) is 24.7 Å². The van der Waals surface area contributed by atoms with Gasteiger partial charge < -0.3 is 10.1 Å². The lowest BCUT2D eigenvalue weighted by atomic mass is 10.5. The number of nitrogens with zero attached hydrogens (tertiary/aromatic N) is 3. The van der Waals surface area contributed by atoms with Crippen LogP contribution in [0.1, 0.15) is 9.67 Å². The zero-order valence-corrected chi connectivity index (χ0v) is 11.8. The number of rotatable bonds is 4. The highest BCUT2D eigenvalue weighted by Gasteiger charge is 2.25. The summed E-state index contributed by atoms with van der Waals surface area (Å²) < 4.78 is 26.8. The lowest BCUT2D eigenvalue weighted by molar-refractivity contribution is 0.0698. The van der Waals surface area contributed by atoms with Crippen molar-refractivity contribution in [2.45, 2.75) is 4.90 Å². The van der Waals surface area contributed by atoms with Crippen molar-refractivity contribution >= 4 is 44.3 Å². The third-order valence-electron chi connectivity index (χ3n) is 2.57. The molecule has 0 bridgehead atoms. The highest BCUT2D eigenvalue weighted by atomic mass is 32.2. The number of carbonyl (C=O) groups is 1. The van der Waals surface area contributed by atoms with Crippen LogP contribution in [-0.4, -0.2) is 39.4 Å². The molecule has 9 nitrogen and oxygen atoms in total. The Hall–Kier alpha value is -2.53. The van der Waals surface area contributed by atoms with Crippen LogP contribution in [-0.2, 0) is 10.0 Å². The van der Waals surface area contributed by atoms with Gasteiger partial charge in [-0.25, -0.2) is 28.2 Å². The van der Waals surface area contributed by atoms with Crippen molar-refractivity contribution in [3.05, 3.63) is 29.0 Å². The number of aromatic carboxylic acids is 1. The predicted octanol–water partition coefficient (Wildman–Crippen LogP) is 0.913. The second-order valence-electron chi connectivity index (χ2n) is 3.85. The first-order chi connectivity index (χ1) is 9.99. The molecule has 0 aromatic carbocycles. The molecule has 3 N–H and O–H groups in total. The lowest BCUT2D eigenvalue weighted by Crippen LogP contribution is -2.16. The van der Waals surface area contributed by atoms with Crippen LogP contribution in [0.2, 0.25) is 0 Å². The number of H-pyrrole nitrogens is 1. The number of carboxylic acids is 1. The maximum absolute atomic E-state index is 12.3. The van der Waals surface area contributed by atoms with Crippen LogP contribution in [0.25, 0.3) is 11.2 Å². The molecule has 0 saturated carbocycles. The minimum absolute atomic E-state index is 0.0000359. The molecule has 0 aliphatic carbocycles. The Kier molecular flexibility index (Phi) is 3.07. The first kappa shape index (κ1) is 13.5. The summed E-state index contributed by atoms with van der Waals surface area (Å²) in [4.78, 5) is 24.7. The maximum Gasteiger partial charge on any atom is 0.347 e. The van der Waals surface area contributed by atoms with Crippen LogP contribution in [0.5, 0.6) is 0 Å². The number of aromatic amines is 1. The van der Waals surface area contributed by atoms with Gasteiger partial charge in [-0.2, -0.15) is 0 Å². The highest BCUT2D eigenvalue weighted by molar-refractivity contribution is 7.93. The predicted molar refractivity (Wildman–Crippen MR) is 73.8 cm³/mol. The summed E-state index contributed by atoms with van der Waals surface area (Å²) in [5.41, 5.74) is 0.611. The van der Waals surface area contributed by atoms with Crippen LogP contribution < -0.4 is 4.72 Å². The van der Waals surface area contributed by atoms with Gasteiger partial charge in [0.15, 0.2) is 11.5 Å². The molecule has 3 heterocycles. The Morgan fingerprint density at radius 1 is 1.33 bits per heavy atom. The molecule has 3 aromatic heterocycles. The van der Waals surface area contributed by atoms with Crippen molar-refractivity contribution in [2.75, 3.05) is 4.72 Å². The Morgan fingerprint density at radius 3 is 2.90 bits per heavy atom. The molecule has 0 aliphatic rings. The number of sulfonamides is 1. The fourth-order valence-corrected chi connectivity index (χ4v) is 3.97. The fourth-order valence-electron chi connectivity index (χ4n) is 1.69. The number of nitrogens with one attached hydrogen (secondary N) is 2. The van der Waals surface area contributed by atoms with Crippen LogP contribution in [0, 0.1) is 0 Å². The first-order valence-electron chi connectivity index (χ1n) is 5.47. The van der Waals surface area contributed by atoms with Crippen molar-refractivity contribution in [1.29, 1.82) is 0 Å². The van der Waals surface area contributed by atoms with Gasteiger partial charge in [0.25, 0.3) is 10.0 Å². The van der Waals surface area contributed by atoms with Crippen LogP contribution in [0.15, 0.2) is 29.0 Å². The zero-order valence-electron chi connectivity index (χ0n) is 10.1. The van der Waals surface area contributed by atoms with Crippen LogP contribution >= 0.6 is 11.3 Å². The van der Waals surface area contributed by atoms with E-state index in [9.17, 15) is 13.2 Å². The summed E-state index contributed by atoms with van der Waals surface area (Å²) in [5, 5.41) is 10.4. The zero-order chi connectivity index (χ0) is 15.0. The molecule has 0 unspecified atom stereocenters. The number of imidazole rings is 1. The SMILES string of the molecule is O=C(O)c1sccc1S(=O)(=O)Nc1ncnc2nc[nH]c12. The van der Waals surface area contributed by atoms with E-state index in [4.69, 9.17) is 5.11 Å². The van der Waals surface area contributed by atoms with Gasteiger partial charge in [0.1, 0.15) is 21.6 Å². The molecule has 108 valence electrons. The second-order valence-corrected chi connectivity index (χ2v) is 6.41. The Labute approximate surface area is 121 Å². The number of fused-ring (bicyclic) bond motifs is 1. The number of hydrogen-bond acceptors (Lipinski definition) is 7. The Morgan fingerprint density at radius 2 is 2.14 bits per heavy atom. The molecule has 11 heteroatoms. The van der Waals surface area contributed by atoms with Gasteiger partial charge in [0.05, 0.1) is 6.33 Å². The number of carboxylic acid groups (broad SMARTS) is 1. The Bertz CT molecular complexity index is 930. The normalized spacial score (nSPS) is 11.6. The van der Waals surface area contributed by atoms with Gasteiger partial charge in [0.2, 0.25) is 0 Å². The van der Waals surface area contributed by atoms with Gasteiger partial charge in [-0.05, 0) is 11.4 Å². The summed E-state index contributed by atoms with van der Waals surface area (Å²) in [5.74, 6) is -1.31. The third kappa shape index (κ3) is 2.32. The quantitative estimate of drug-likeness (QED) is 0.648. The lowest BCUT2D eigenvalue weighted by Gasteiger charge is -2.07. The minimum atomic E-state index is -4.07. The Balaban J connectivity index is 2.06. The number of anilines is 1. The summed E-state index contributed by atoms with van der Waals surface area (Å²) >= 11 is 0.829. The molecule has 0 atom stereocenters. The second kappa shape index (κ2) is 4.79. The molecule has 0 saturated heterocycles. The average Bonchev–Trinajstić information content (AvgIpc) is 3.08. The molecule has 0 spiro atoms. The van der Waals surface area contributed by atoms with Crippen molar-refractivity contribution in [3.8, 4) is 0 Å². The smallest absolute Gasteiger partial charge is 0.347 e. The van der Waals surface area contributed by atoms with Crippen molar-refractivity contribution < 1.29 is 18.3 Å². The van der Waals surface area contributed by atoms with E-state index in [-0.39, 0.29) is 15.6 Å². The molecule has 0 aliphatic heterocycles. The molecule has 3 rings (SSSR count). The van der Waals surface area contributed by atoms with Gasteiger partial charge in [-0.15, -0.1) is 11.3 Å². The first-order valence-corrected chi connectivity index (χ1v) is 7.83. The van der Waals surface area contributed by atoms with Gasteiger partial charge in [0, 0.05) is 0 Å². The molecule has 21 heavy (non-hydrogen) atoms. The van der Waals surface area contributed by atoms with E-state index in [1.54, 1.807) is 0 Å². The molecule has 3 aromatic rings. The summed E-state index contributed by atoms with van der Waals surface area (Å²) in [6.07, 6.45) is 2.51. The fraction of sp³-hybridized carbons (Fsp3) is 0. The van der Waals surface area contributed by atoms with Gasteiger partial charge in [-0.3, -0.25) is 4.72 Å². The van der Waals surface area contributed by atoms with Crippen LogP contribution in [0.4, 0.5) is 5.82 Å². The van der Waals surface area contributed by atoms with E-state index < -0.39 is 16.0 Å². The van der Waals surface area contributed by atoms with E-state index in [1.807, 2.05) is 0 Å². The monoisotopic (exact) mass is 325 g/mol. The van der Waals surface area contributed by atoms with E-state index >= 15 is 0 Å². The van der Waals surface area contributed by atoms with E-state index in [0.717, 1.165) is 17.7 Å². The maximum atomic E-state index is 12.3. The van der Waals surface area contributed by atoms with Gasteiger partial charge >= 0.3 is 5.97 Å². The van der Waals surface area contributed by atoms with E-state index in [1.165, 1.54) is 17.8 Å². The molecular formula is C10H7N5O4S2. The molecular weight excluding hydrogens is 318 g/mol. The summed E-state index contributed by atoms with van der Waals surface area (Å²) in [7, 11) is -4.07. The van der Waals surface area contributed by atoms with Crippen molar-refractivity contribution in [3.63, 3.8) is 0 Å². The number of thiophene rings is 1. The topological polar surface area (TPSA) is 138 Å². The largest absolute Gasteiger partial charge is 0.477 e. The standard InChI is InChI=1S/C10H7N5O4S2/c16-10(17)7-5(1-2-20-7)21(18,19)15-9-6-8(12-3-11-6)13-4-14-9/h1-4H,(H,16,17)(H2,11,12,13,14,15). The van der Waals surface area contributed by atoms with Crippen LogP contribution in [0.3, 0.4) is 0 Å². The number of hydrogen-bond donors (Lipinski definition) is 3. The van der Waals surface area contributed by atoms with Crippen molar-refractivity contribution in [1.82, 2.24) is 19.9 Å². The summed E-state index contributed by atoms with van der Waals surface area (Å²) in [6, 6.07) is 1.22. The molecule has 0 fully saturated rings. The highest BCUT2D eigenvalue weighted by Crippen LogP contribution is 2.25. The average molecular weight is 325 g/mol. The molecule has 0 amide bonds. The minimum Gasteiger partial charge on any atom is -0.477 e. The van der Waals surface area contributed by atoms with Crippen molar-refractivity contribution in [2.24, 2.45) is 0 Å². The summed E-state index contributed by atoms with van der Waals surface area (Å²) in [6.45, 7) is 0. The third-order valence-corrected chi connectivity index (χ3v) is 4.98. The number of aromatic nitrogens is 4. The van der Waals surface area contributed by atoms with Gasteiger partial charge in [-0.1, -0.05) is 0 Å². The van der Waals surface area contributed by atoms with E-state index in [0.29, 0.717) is 11.2 Å². The molecule has 0 radical (unpaired) electrons.